The molecule has 0 bridgehead atoms. The van der Waals surface area contributed by atoms with Gasteiger partial charge in [0, 0.05) is 30.1 Å². The largest absolute Gasteiger partial charge is 0.379 e. The number of nitrogens with zero attached hydrogens (tertiary/aromatic N) is 1. The van der Waals surface area contributed by atoms with Crippen molar-refractivity contribution in [1.82, 2.24) is 4.90 Å². The van der Waals surface area contributed by atoms with E-state index >= 15 is 0 Å². The molecule has 0 atom stereocenters. The third-order valence-electron chi connectivity index (χ3n) is 2.87. The normalized spacial score (nSPS) is 27.2. The summed E-state index contributed by atoms with van der Waals surface area (Å²) in [5.74, 6) is 0. The highest BCUT2D eigenvalue weighted by molar-refractivity contribution is 6.29. The van der Waals surface area contributed by atoms with E-state index in [4.69, 9.17) is 16.3 Å². The maximum atomic E-state index is 5.80. The van der Waals surface area contributed by atoms with E-state index in [0.29, 0.717) is 5.41 Å². The molecule has 0 unspecified atom stereocenters. The molecule has 13 heavy (non-hydrogen) atoms. The van der Waals surface area contributed by atoms with Gasteiger partial charge in [-0.3, -0.25) is 4.90 Å². The topological polar surface area (TPSA) is 12.5 Å². The summed E-state index contributed by atoms with van der Waals surface area (Å²) >= 11 is 5.80. The molecular weight excluding hydrogens is 186 g/mol. The molecule has 0 radical (unpaired) electrons. The molecule has 1 aliphatic carbocycles. The summed E-state index contributed by atoms with van der Waals surface area (Å²) in [5, 5.41) is 0.734. The highest BCUT2D eigenvalue weighted by Gasteiger charge is 2.45. The van der Waals surface area contributed by atoms with Crippen LogP contribution in [0.15, 0.2) is 11.6 Å². The van der Waals surface area contributed by atoms with Gasteiger partial charge in [0.05, 0.1) is 13.2 Å². The van der Waals surface area contributed by atoms with Crippen molar-refractivity contribution in [2.24, 2.45) is 5.41 Å². The number of ether oxygens (including phenoxy) is 1. The molecule has 0 aromatic rings. The summed E-state index contributed by atoms with van der Waals surface area (Å²) in [7, 11) is 0. The van der Waals surface area contributed by atoms with Gasteiger partial charge in [-0.05, 0) is 12.8 Å². The van der Waals surface area contributed by atoms with Crippen LogP contribution in [0, 0.1) is 5.41 Å². The van der Waals surface area contributed by atoms with Gasteiger partial charge in [-0.2, -0.15) is 0 Å². The molecule has 0 aromatic carbocycles. The predicted octanol–water partition coefficient (Wildman–Crippen LogP) is 1.85. The molecule has 2 fully saturated rings. The van der Waals surface area contributed by atoms with Crippen LogP contribution in [-0.2, 0) is 4.74 Å². The maximum Gasteiger partial charge on any atom is 0.0593 e. The van der Waals surface area contributed by atoms with Crippen LogP contribution >= 0.6 is 11.6 Å². The van der Waals surface area contributed by atoms with Crippen molar-refractivity contribution >= 4 is 11.6 Å². The molecule has 2 nitrogen and oxygen atoms in total. The minimum absolute atomic E-state index is 0.475. The third-order valence-corrected chi connectivity index (χ3v) is 2.99. The minimum atomic E-state index is 0.475. The van der Waals surface area contributed by atoms with Crippen LogP contribution in [0.25, 0.3) is 0 Å². The summed E-state index contributed by atoms with van der Waals surface area (Å²) in [4.78, 5) is 2.36. The first kappa shape index (κ1) is 9.50. The fourth-order valence-corrected chi connectivity index (χ4v) is 2.11. The standard InChI is InChI=1S/C10H16ClNO/c1-9(11)6-12-4-5-13-8-10(7-12)2-3-10/h1-8H2. The molecular formula is C10H16ClNO. The van der Waals surface area contributed by atoms with Crippen LogP contribution < -0.4 is 0 Å². The maximum absolute atomic E-state index is 5.80. The minimum Gasteiger partial charge on any atom is -0.379 e. The summed E-state index contributed by atoms with van der Waals surface area (Å²) < 4.78 is 5.57. The van der Waals surface area contributed by atoms with Crippen LogP contribution in [-0.4, -0.2) is 37.7 Å². The zero-order chi connectivity index (χ0) is 9.31. The van der Waals surface area contributed by atoms with Crippen molar-refractivity contribution in [3.05, 3.63) is 11.6 Å². The number of hydrogen-bond donors (Lipinski definition) is 0. The second-order valence-electron chi connectivity index (χ2n) is 4.28. The van der Waals surface area contributed by atoms with Crippen LogP contribution in [0.1, 0.15) is 12.8 Å². The number of halogens is 1. The predicted molar refractivity (Wildman–Crippen MR) is 53.9 cm³/mol. The summed E-state index contributed by atoms with van der Waals surface area (Å²) in [6.07, 6.45) is 2.64. The molecule has 1 saturated heterocycles. The Kier molecular flexibility index (Phi) is 2.63. The third kappa shape index (κ3) is 2.46. The highest BCUT2D eigenvalue weighted by atomic mass is 35.5. The van der Waals surface area contributed by atoms with Gasteiger partial charge in [-0.25, -0.2) is 0 Å². The van der Waals surface area contributed by atoms with Gasteiger partial charge in [0.2, 0.25) is 0 Å². The SMILES string of the molecule is C=C(Cl)CN1CCOCC2(CC2)C1. The summed E-state index contributed by atoms with van der Waals surface area (Å²) in [5.41, 5.74) is 0.475. The Morgan fingerprint density at radius 3 is 2.92 bits per heavy atom. The van der Waals surface area contributed by atoms with E-state index in [1.807, 2.05) is 0 Å². The Hall–Kier alpha value is -0.0500. The van der Waals surface area contributed by atoms with E-state index in [1.165, 1.54) is 12.8 Å². The van der Waals surface area contributed by atoms with Gasteiger partial charge in [-0.15, -0.1) is 0 Å². The van der Waals surface area contributed by atoms with Crippen LogP contribution in [0.4, 0.5) is 0 Å². The quantitative estimate of drug-likeness (QED) is 0.676. The molecule has 2 rings (SSSR count). The Bertz CT molecular complexity index is 213. The van der Waals surface area contributed by atoms with Crippen molar-refractivity contribution in [1.29, 1.82) is 0 Å². The van der Waals surface area contributed by atoms with Crippen molar-refractivity contribution in [3.63, 3.8) is 0 Å². The first-order valence-corrected chi connectivity index (χ1v) is 5.21. The van der Waals surface area contributed by atoms with Gasteiger partial charge in [0.1, 0.15) is 0 Å². The van der Waals surface area contributed by atoms with E-state index < -0.39 is 0 Å². The highest BCUT2D eigenvalue weighted by Crippen LogP contribution is 2.47. The van der Waals surface area contributed by atoms with Gasteiger partial charge < -0.3 is 4.74 Å². The van der Waals surface area contributed by atoms with Crippen LogP contribution in [0.5, 0.6) is 0 Å². The van der Waals surface area contributed by atoms with Crippen molar-refractivity contribution in [3.8, 4) is 0 Å². The van der Waals surface area contributed by atoms with Gasteiger partial charge in [0.15, 0.2) is 0 Å². The summed E-state index contributed by atoms with van der Waals surface area (Å²) in [6.45, 7) is 8.46. The lowest BCUT2D eigenvalue weighted by molar-refractivity contribution is 0.115. The number of rotatable bonds is 2. The average molecular weight is 202 g/mol. The molecule has 0 aromatic heterocycles. The number of hydrogen-bond acceptors (Lipinski definition) is 2. The Morgan fingerprint density at radius 1 is 1.54 bits per heavy atom. The average Bonchev–Trinajstić information content (AvgIpc) is 2.80. The molecule has 0 N–H and O–H groups in total. The molecule has 1 heterocycles. The van der Waals surface area contributed by atoms with E-state index in [2.05, 4.69) is 11.5 Å². The molecule has 74 valence electrons. The van der Waals surface area contributed by atoms with E-state index in [-0.39, 0.29) is 0 Å². The molecule has 1 spiro atoms. The lowest BCUT2D eigenvalue weighted by Crippen LogP contribution is -2.31. The van der Waals surface area contributed by atoms with Gasteiger partial charge in [-0.1, -0.05) is 18.2 Å². The van der Waals surface area contributed by atoms with E-state index in [1.54, 1.807) is 0 Å². The van der Waals surface area contributed by atoms with Crippen LogP contribution in [0.3, 0.4) is 0 Å². The van der Waals surface area contributed by atoms with Crippen molar-refractivity contribution < 1.29 is 4.74 Å². The zero-order valence-electron chi connectivity index (χ0n) is 7.89. The second-order valence-corrected chi connectivity index (χ2v) is 4.82. The lowest BCUT2D eigenvalue weighted by atomic mass is 10.1. The van der Waals surface area contributed by atoms with E-state index in [9.17, 15) is 0 Å². The summed E-state index contributed by atoms with van der Waals surface area (Å²) in [6, 6.07) is 0. The lowest BCUT2D eigenvalue weighted by Gasteiger charge is -2.22. The van der Waals surface area contributed by atoms with Gasteiger partial charge in [0.25, 0.3) is 0 Å². The van der Waals surface area contributed by atoms with Crippen LogP contribution in [0.2, 0.25) is 0 Å². The molecule has 1 saturated carbocycles. The molecule has 1 aliphatic heterocycles. The van der Waals surface area contributed by atoms with Gasteiger partial charge >= 0.3 is 0 Å². The first-order chi connectivity index (χ1) is 6.20. The Morgan fingerprint density at radius 2 is 2.31 bits per heavy atom. The monoisotopic (exact) mass is 201 g/mol. The van der Waals surface area contributed by atoms with Crippen molar-refractivity contribution in [2.75, 3.05) is 32.8 Å². The fourth-order valence-electron chi connectivity index (χ4n) is 1.94. The second kappa shape index (κ2) is 3.60. The van der Waals surface area contributed by atoms with E-state index in [0.717, 1.165) is 37.9 Å². The fraction of sp³-hybridized carbons (Fsp3) is 0.800. The van der Waals surface area contributed by atoms with Crippen molar-refractivity contribution in [2.45, 2.75) is 12.8 Å². The molecule has 3 heteroatoms. The Labute approximate surface area is 84.5 Å². The zero-order valence-corrected chi connectivity index (χ0v) is 8.65. The Balaban J connectivity index is 1.91. The molecule has 2 aliphatic rings. The molecule has 0 amide bonds. The smallest absolute Gasteiger partial charge is 0.0593 e. The first-order valence-electron chi connectivity index (χ1n) is 4.84.